The van der Waals surface area contributed by atoms with E-state index in [-0.39, 0.29) is 11.7 Å². The fraction of sp³-hybridized carbons (Fsp3) is 0.333. The predicted molar refractivity (Wildman–Crippen MR) is 83.7 cm³/mol. The van der Waals surface area contributed by atoms with Crippen LogP contribution in [0.1, 0.15) is 31.0 Å². The molecule has 0 fully saturated rings. The molecule has 0 bridgehead atoms. The molecule has 6 heteroatoms. The number of nitro groups is 1. The van der Waals surface area contributed by atoms with E-state index in [0.717, 1.165) is 12.1 Å². The van der Waals surface area contributed by atoms with Crippen LogP contribution in [0, 0.1) is 10.1 Å². The maximum absolute atomic E-state index is 11.1. The molecule has 0 radical (unpaired) electrons. The summed E-state index contributed by atoms with van der Waals surface area (Å²) in [7, 11) is 0. The Balaban J connectivity index is 2.21. The van der Waals surface area contributed by atoms with Gasteiger partial charge < -0.3 is 9.88 Å². The van der Waals surface area contributed by atoms with Gasteiger partial charge in [-0.25, -0.2) is 0 Å². The van der Waals surface area contributed by atoms with Crippen molar-refractivity contribution in [2.24, 2.45) is 0 Å². The molecular weight excluding hydrogens is 290 g/mol. The number of hydrogen-bond donors (Lipinski definition) is 1. The average Bonchev–Trinajstić information content (AvgIpc) is 2.89. The lowest BCUT2D eigenvalue weighted by molar-refractivity contribution is -0.385. The fourth-order valence-electron chi connectivity index (χ4n) is 2.28. The van der Waals surface area contributed by atoms with Gasteiger partial charge in [-0.15, -0.1) is 0 Å². The van der Waals surface area contributed by atoms with Crippen LogP contribution < -0.4 is 5.32 Å². The molecule has 0 aliphatic rings. The van der Waals surface area contributed by atoms with E-state index in [1.807, 2.05) is 23.0 Å². The number of aromatic nitrogens is 1. The molecule has 2 rings (SSSR count). The summed E-state index contributed by atoms with van der Waals surface area (Å²) in [5.41, 5.74) is 1.86. The Morgan fingerprint density at radius 3 is 2.86 bits per heavy atom. The van der Waals surface area contributed by atoms with Crippen LogP contribution in [-0.2, 0) is 6.54 Å². The number of hydrogen-bond acceptors (Lipinski definition) is 3. The van der Waals surface area contributed by atoms with Crippen molar-refractivity contribution in [3.05, 3.63) is 62.9 Å². The third kappa shape index (κ3) is 3.83. The van der Waals surface area contributed by atoms with Crippen LogP contribution in [0.2, 0.25) is 5.02 Å². The van der Waals surface area contributed by atoms with E-state index < -0.39 is 4.92 Å². The minimum absolute atomic E-state index is 0.0532. The second-order valence-electron chi connectivity index (χ2n) is 4.93. The predicted octanol–water partition coefficient (Wildman–Crippen LogP) is 3.77. The van der Waals surface area contributed by atoms with Crippen molar-refractivity contribution in [1.29, 1.82) is 0 Å². The Labute approximate surface area is 128 Å². The molecule has 0 saturated carbocycles. The highest BCUT2D eigenvalue weighted by Crippen LogP contribution is 2.24. The van der Waals surface area contributed by atoms with Crippen molar-refractivity contribution < 1.29 is 4.92 Å². The standard InChI is InChI=1S/C15H18ClN3O2/c1-3-17-11(2)12-6-7-18(9-12)10-13-4-5-14(16)8-15(13)19(20)21/h4-9,11,17H,3,10H2,1-2H3. The minimum atomic E-state index is -0.396. The molecule has 5 nitrogen and oxygen atoms in total. The van der Waals surface area contributed by atoms with Crippen LogP contribution in [-0.4, -0.2) is 16.0 Å². The van der Waals surface area contributed by atoms with E-state index in [1.165, 1.54) is 6.07 Å². The van der Waals surface area contributed by atoms with Gasteiger partial charge in [-0.2, -0.15) is 0 Å². The normalized spacial score (nSPS) is 12.3. The summed E-state index contributed by atoms with van der Waals surface area (Å²) in [5.74, 6) is 0. The molecule has 112 valence electrons. The van der Waals surface area contributed by atoms with Gasteiger partial charge in [0.2, 0.25) is 0 Å². The highest BCUT2D eigenvalue weighted by molar-refractivity contribution is 6.30. The van der Waals surface area contributed by atoms with E-state index in [2.05, 4.69) is 19.2 Å². The van der Waals surface area contributed by atoms with Gasteiger partial charge in [-0.3, -0.25) is 10.1 Å². The number of nitro benzene ring substituents is 1. The molecule has 1 heterocycles. The molecule has 1 atom stereocenters. The summed E-state index contributed by atoms with van der Waals surface area (Å²) in [6, 6.07) is 7.05. The van der Waals surface area contributed by atoms with Crippen molar-refractivity contribution >= 4 is 17.3 Å². The quantitative estimate of drug-likeness (QED) is 0.653. The summed E-state index contributed by atoms with van der Waals surface area (Å²) in [4.78, 5) is 10.7. The first-order valence-electron chi connectivity index (χ1n) is 6.83. The lowest BCUT2D eigenvalue weighted by Crippen LogP contribution is -2.17. The molecule has 1 unspecified atom stereocenters. The molecule has 1 aromatic carbocycles. The lowest BCUT2D eigenvalue weighted by Gasteiger charge is -2.10. The first-order chi connectivity index (χ1) is 10.0. The van der Waals surface area contributed by atoms with Crippen LogP contribution in [0.15, 0.2) is 36.7 Å². The Morgan fingerprint density at radius 1 is 1.43 bits per heavy atom. The zero-order valence-electron chi connectivity index (χ0n) is 12.0. The molecule has 0 amide bonds. The van der Waals surface area contributed by atoms with Gasteiger partial charge in [-0.05, 0) is 37.2 Å². The Bertz CT molecular complexity index is 640. The summed E-state index contributed by atoms with van der Waals surface area (Å²) in [6.45, 7) is 5.50. The monoisotopic (exact) mass is 307 g/mol. The van der Waals surface area contributed by atoms with Gasteiger partial charge in [0, 0.05) is 35.1 Å². The van der Waals surface area contributed by atoms with Crippen LogP contribution in [0.5, 0.6) is 0 Å². The van der Waals surface area contributed by atoms with Gasteiger partial charge in [-0.1, -0.05) is 18.5 Å². The van der Waals surface area contributed by atoms with E-state index in [9.17, 15) is 10.1 Å². The maximum atomic E-state index is 11.1. The van der Waals surface area contributed by atoms with Crippen molar-refractivity contribution in [3.8, 4) is 0 Å². The van der Waals surface area contributed by atoms with Crippen molar-refractivity contribution in [2.45, 2.75) is 26.4 Å². The zero-order valence-corrected chi connectivity index (χ0v) is 12.8. The van der Waals surface area contributed by atoms with Gasteiger partial charge in [0.15, 0.2) is 0 Å². The van der Waals surface area contributed by atoms with Crippen LogP contribution in [0.3, 0.4) is 0 Å². The lowest BCUT2D eigenvalue weighted by atomic mass is 10.1. The third-order valence-corrected chi connectivity index (χ3v) is 3.62. The van der Waals surface area contributed by atoms with E-state index in [0.29, 0.717) is 17.1 Å². The summed E-state index contributed by atoms with van der Waals surface area (Å²) in [6.07, 6.45) is 3.94. The number of nitrogens with zero attached hydrogens (tertiary/aromatic N) is 2. The van der Waals surface area contributed by atoms with Crippen LogP contribution in [0.4, 0.5) is 5.69 Å². The molecule has 0 aliphatic heterocycles. The zero-order chi connectivity index (χ0) is 15.4. The van der Waals surface area contributed by atoms with Gasteiger partial charge >= 0.3 is 0 Å². The van der Waals surface area contributed by atoms with E-state index in [1.54, 1.807) is 12.1 Å². The minimum Gasteiger partial charge on any atom is -0.349 e. The number of nitrogens with one attached hydrogen (secondary N) is 1. The highest BCUT2D eigenvalue weighted by atomic mass is 35.5. The Kier molecular flexibility index (Phi) is 4.98. The van der Waals surface area contributed by atoms with Crippen molar-refractivity contribution in [1.82, 2.24) is 9.88 Å². The average molecular weight is 308 g/mol. The first kappa shape index (κ1) is 15.5. The maximum Gasteiger partial charge on any atom is 0.275 e. The summed E-state index contributed by atoms with van der Waals surface area (Å²) in [5, 5.41) is 14.8. The highest BCUT2D eigenvalue weighted by Gasteiger charge is 2.15. The number of rotatable bonds is 6. The summed E-state index contributed by atoms with van der Waals surface area (Å²) < 4.78 is 1.94. The molecule has 0 spiro atoms. The fourth-order valence-corrected chi connectivity index (χ4v) is 2.44. The smallest absolute Gasteiger partial charge is 0.275 e. The number of benzene rings is 1. The number of halogens is 1. The Hall–Kier alpha value is -1.85. The van der Waals surface area contributed by atoms with Gasteiger partial charge in [0.1, 0.15) is 0 Å². The molecule has 2 aromatic rings. The van der Waals surface area contributed by atoms with E-state index >= 15 is 0 Å². The molecule has 0 aliphatic carbocycles. The molecule has 21 heavy (non-hydrogen) atoms. The molecular formula is C15H18ClN3O2. The van der Waals surface area contributed by atoms with Crippen LogP contribution >= 0.6 is 11.6 Å². The molecule has 1 N–H and O–H groups in total. The first-order valence-corrected chi connectivity index (χ1v) is 7.21. The molecule has 0 saturated heterocycles. The largest absolute Gasteiger partial charge is 0.349 e. The Morgan fingerprint density at radius 2 is 2.19 bits per heavy atom. The topological polar surface area (TPSA) is 60.1 Å². The second-order valence-corrected chi connectivity index (χ2v) is 5.36. The SMILES string of the molecule is CCNC(C)c1ccn(Cc2ccc(Cl)cc2[N+](=O)[O-])c1. The van der Waals surface area contributed by atoms with Gasteiger partial charge in [0.25, 0.3) is 5.69 Å². The summed E-state index contributed by atoms with van der Waals surface area (Å²) >= 11 is 5.82. The van der Waals surface area contributed by atoms with Gasteiger partial charge in [0.05, 0.1) is 11.5 Å². The molecule has 1 aromatic heterocycles. The third-order valence-electron chi connectivity index (χ3n) is 3.38. The second kappa shape index (κ2) is 6.74. The van der Waals surface area contributed by atoms with Crippen molar-refractivity contribution in [2.75, 3.05) is 6.54 Å². The van der Waals surface area contributed by atoms with Crippen LogP contribution in [0.25, 0.3) is 0 Å². The van der Waals surface area contributed by atoms with Crippen molar-refractivity contribution in [3.63, 3.8) is 0 Å². The van der Waals surface area contributed by atoms with E-state index in [4.69, 9.17) is 11.6 Å².